The third kappa shape index (κ3) is 1.41. The first-order valence-electron chi connectivity index (χ1n) is 2.85. The number of carbonyl (C=O) groups is 1. The number of halogens is 1. The first kappa shape index (κ1) is 7.42. The summed E-state index contributed by atoms with van der Waals surface area (Å²) in [7, 11) is 0. The number of nitrogens with zero attached hydrogens (tertiary/aromatic N) is 1. The van der Waals surface area contributed by atoms with Gasteiger partial charge in [-0.3, -0.25) is 4.79 Å². The summed E-state index contributed by atoms with van der Waals surface area (Å²) in [5.41, 5.74) is 0.460. The van der Waals surface area contributed by atoms with Crippen molar-refractivity contribution in [1.29, 1.82) is 0 Å². The van der Waals surface area contributed by atoms with Gasteiger partial charge in [0.25, 0.3) is 0 Å². The first-order chi connectivity index (χ1) is 5.27. The van der Waals surface area contributed by atoms with Crippen LogP contribution in [0.25, 0.3) is 0 Å². The Kier molecular flexibility index (Phi) is 1.98. The monoisotopic (exact) mass is 149 g/mol. The van der Waals surface area contributed by atoms with Gasteiger partial charge in [0.15, 0.2) is 6.29 Å². The van der Waals surface area contributed by atoms with E-state index < -0.39 is 5.95 Å². The second-order valence-corrected chi connectivity index (χ2v) is 1.86. The van der Waals surface area contributed by atoms with E-state index in [0.29, 0.717) is 11.8 Å². The fourth-order valence-electron chi connectivity index (χ4n) is 0.662. The van der Waals surface area contributed by atoms with E-state index in [1.165, 1.54) is 0 Å². The molecule has 0 radical (unpaired) electrons. The van der Waals surface area contributed by atoms with Crippen LogP contribution in [-0.4, -0.2) is 11.3 Å². The highest BCUT2D eigenvalue weighted by Crippen LogP contribution is 2.03. The van der Waals surface area contributed by atoms with E-state index in [0.717, 1.165) is 12.3 Å². The smallest absolute Gasteiger partial charge is 0.213 e. The molecule has 0 bridgehead atoms. The Morgan fingerprint density at radius 1 is 1.73 bits per heavy atom. The maximum absolute atomic E-state index is 12.3. The van der Waals surface area contributed by atoms with Gasteiger partial charge in [-0.2, -0.15) is 4.39 Å². The van der Waals surface area contributed by atoms with Crippen LogP contribution in [0.4, 0.5) is 4.39 Å². The second-order valence-electron chi connectivity index (χ2n) is 1.86. The summed E-state index contributed by atoms with van der Waals surface area (Å²) in [6.07, 6.45) is 6.66. The highest BCUT2D eigenvalue weighted by atomic mass is 19.1. The number of terminal acetylenes is 1. The minimum atomic E-state index is -0.703. The number of hydrogen-bond acceptors (Lipinski definition) is 2. The topological polar surface area (TPSA) is 30.0 Å². The quantitative estimate of drug-likeness (QED) is 0.339. The van der Waals surface area contributed by atoms with Crippen LogP contribution in [0.3, 0.4) is 0 Å². The zero-order valence-corrected chi connectivity index (χ0v) is 5.54. The highest BCUT2D eigenvalue weighted by molar-refractivity contribution is 5.78. The van der Waals surface area contributed by atoms with Gasteiger partial charge in [-0.1, -0.05) is 5.92 Å². The summed E-state index contributed by atoms with van der Waals surface area (Å²) in [5.74, 6) is 1.51. The molecule has 0 fully saturated rings. The summed E-state index contributed by atoms with van der Waals surface area (Å²) < 4.78 is 12.3. The molecule has 1 rings (SSSR count). The number of carbonyl (C=O) groups excluding carboxylic acids is 1. The van der Waals surface area contributed by atoms with Crippen LogP contribution < -0.4 is 0 Å². The third-order valence-electron chi connectivity index (χ3n) is 1.19. The fourth-order valence-corrected chi connectivity index (χ4v) is 0.662. The lowest BCUT2D eigenvalue weighted by Gasteiger charge is -1.93. The Labute approximate surface area is 63.1 Å². The van der Waals surface area contributed by atoms with Gasteiger partial charge in [0, 0.05) is 17.8 Å². The molecule has 0 saturated heterocycles. The molecule has 0 aliphatic heterocycles. The molecular formula is C8H4FNO. The SMILES string of the molecule is C#Cc1cnc(F)cc1C=O. The number of aldehydes is 1. The Morgan fingerprint density at radius 2 is 2.45 bits per heavy atom. The number of rotatable bonds is 1. The molecule has 1 aromatic heterocycles. The van der Waals surface area contributed by atoms with Crippen molar-refractivity contribution in [2.45, 2.75) is 0 Å². The lowest BCUT2D eigenvalue weighted by molar-refractivity contribution is 0.112. The largest absolute Gasteiger partial charge is 0.298 e. The van der Waals surface area contributed by atoms with Gasteiger partial charge in [0.2, 0.25) is 5.95 Å². The maximum atomic E-state index is 12.3. The summed E-state index contributed by atoms with van der Waals surface area (Å²) in [5, 5.41) is 0. The Bertz CT molecular complexity index is 327. The zero-order valence-electron chi connectivity index (χ0n) is 5.54. The van der Waals surface area contributed by atoms with E-state index in [9.17, 15) is 9.18 Å². The van der Waals surface area contributed by atoms with E-state index in [1.807, 2.05) is 0 Å². The predicted molar refractivity (Wildman–Crippen MR) is 37.5 cm³/mol. The molecule has 3 heteroatoms. The molecule has 1 aromatic rings. The molecule has 0 saturated carbocycles. The average Bonchev–Trinajstić information content (AvgIpc) is 2.04. The molecule has 11 heavy (non-hydrogen) atoms. The summed E-state index contributed by atoms with van der Waals surface area (Å²) in [6, 6.07) is 1.00. The molecule has 0 atom stereocenters. The summed E-state index contributed by atoms with van der Waals surface area (Å²) in [6.45, 7) is 0. The van der Waals surface area contributed by atoms with Crippen molar-refractivity contribution in [3.8, 4) is 12.3 Å². The standard InChI is InChI=1S/C8H4FNO/c1-2-6-4-10-8(9)3-7(6)5-11/h1,3-5H. The number of hydrogen-bond donors (Lipinski definition) is 0. The van der Waals surface area contributed by atoms with E-state index in [2.05, 4.69) is 10.9 Å². The summed E-state index contributed by atoms with van der Waals surface area (Å²) >= 11 is 0. The van der Waals surface area contributed by atoms with Crippen molar-refractivity contribution in [3.05, 3.63) is 29.3 Å². The molecule has 1 heterocycles. The molecule has 0 N–H and O–H groups in total. The normalized spacial score (nSPS) is 8.73. The van der Waals surface area contributed by atoms with Crippen molar-refractivity contribution >= 4 is 6.29 Å². The van der Waals surface area contributed by atoms with Crippen molar-refractivity contribution in [2.24, 2.45) is 0 Å². The predicted octanol–water partition coefficient (Wildman–Crippen LogP) is 1.01. The van der Waals surface area contributed by atoms with Gasteiger partial charge in [0.05, 0.1) is 5.56 Å². The van der Waals surface area contributed by atoms with Gasteiger partial charge in [-0.05, 0) is 0 Å². The molecule has 0 spiro atoms. The van der Waals surface area contributed by atoms with Crippen molar-refractivity contribution in [3.63, 3.8) is 0 Å². The Balaban J connectivity index is 3.30. The number of pyridine rings is 1. The fraction of sp³-hybridized carbons (Fsp3) is 0. The molecule has 2 nitrogen and oxygen atoms in total. The van der Waals surface area contributed by atoms with Crippen molar-refractivity contribution in [2.75, 3.05) is 0 Å². The van der Waals surface area contributed by atoms with E-state index in [4.69, 9.17) is 6.42 Å². The first-order valence-corrected chi connectivity index (χ1v) is 2.85. The molecular weight excluding hydrogens is 145 g/mol. The van der Waals surface area contributed by atoms with Gasteiger partial charge >= 0.3 is 0 Å². The Morgan fingerprint density at radius 3 is 3.00 bits per heavy atom. The van der Waals surface area contributed by atoms with E-state index in [1.54, 1.807) is 0 Å². The van der Waals surface area contributed by atoms with Gasteiger partial charge in [0.1, 0.15) is 0 Å². The minimum absolute atomic E-state index is 0.153. The van der Waals surface area contributed by atoms with Crippen LogP contribution in [0.15, 0.2) is 12.3 Å². The van der Waals surface area contributed by atoms with Gasteiger partial charge < -0.3 is 0 Å². The Hall–Kier alpha value is -1.69. The molecule has 54 valence electrons. The number of aromatic nitrogens is 1. The van der Waals surface area contributed by atoms with Gasteiger partial charge in [-0.25, -0.2) is 4.98 Å². The average molecular weight is 149 g/mol. The highest BCUT2D eigenvalue weighted by Gasteiger charge is 2.00. The van der Waals surface area contributed by atoms with Crippen LogP contribution >= 0.6 is 0 Å². The lowest BCUT2D eigenvalue weighted by atomic mass is 10.2. The molecule has 0 unspecified atom stereocenters. The van der Waals surface area contributed by atoms with E-state index >= 15 is 0 Å². The third-order valence-corrected chi connectivity index (χ3v) is 1.19. The molecule has 0 aromatic carbocycles. The van der Waals surface area contributed by atoms with Crippen LogP contribution in [-0.2, 0) is 0 Å². The molecule has 0 aliphatic carbocycles. The maximum Gasteiger partial charge on any atom is 0.213 e. The van der Waals surface area contributed by atoms with E-state index in [-0.39, 0.29) is 5.56 Å². The van der Waals surface area contributed by atoms with Crippen LogP contribution in [0.2, 0.25) is 0 Å². The molecule has 0 aliphatic rings. The van der Waals surface area contributed by atoms with Crippen molar-refractivity contribution in [1.82, 2.24) is 4.98 Å². The minimum Gasteiger partial charge on any atom is -0.298 e. The van der Waals surface area contributed by atoms with Crippen LogP contribution in [0.1, 0.15) is 15.9 Å². The van der Waals surface area contributed by atoms with Crippen LogP contribution in [0.5, 0.6) is 0 Å². The van der Waals surface area contributed by atoms with Gasteiger partial charge in [-0.15, -0.1) is 6.42 Å². The summed E-state index contributed by atoms with van der Waals surface area (Å²) in [4.78, 5) is 13.5. The van der Waals surface area contributed by atoms with Crippen molar-refractivity contribution < 1.29 is 9.18 Å². The lowest BCUT2D eigenvalue weighted by Crippen LogP contribution is -1.91. The second kappa shape index (κ2) is 2.93. The molecule has 0 amide bonds. The van der Waals surface area contributed by atoms with Crippen LogP contribution in [0, 0.1) is 18.3 Å². The zero-order chi connectivity index (χ0) is 8.27.